The van der Waals surface area contributed by atoms with Gasteiger partial charge in [-0.25, -0.2) is 0 Å². The molecule has 2 amide bonds. The summed E-state index contributed by atoms with van der Waals surface area (Å²) in [4.78, 5) is 47.7. The molecule has 5 aromatic rings. The molecule has 1 aliphatic rings. The number of nitrogens with zero attached hydrogens (tertiary/aromatic N) is 3. The molecular formula is C38H39Cl2N5O4S. The normalized spacial score (nSPS) is 13.4. The maximum atomic E-state index is 14.5. The predicted octanol–water partition coefficient (Wildman–Crippen LogP) is 7.69. The van der Waals surface area contributed by atoms with Crippen LogP contribution in [0.25, 0.3) is 22.0 Å². The number of carbonyl (C=O) groups is 2. The van der Waals surface area contributed by atoms with E-state index < -0.39 is 0 Å². The fourth-order valence-corrected chi connectivity index (χ4v) is 7.45. The van der Waals surface area contributed by atoms with Crippen LogP contribution in [0.2, 0.25) is 10.0 Å². The fourth-order valence-electron chi connectivity index (χ4n) is 6.18. The maximum Gasteiger partial charge on any atom is 0.274 e. The van der Waals surface area contributed by atoms with Crippen LogP contribution < -0.4 is 20.5 Å². The second kappa shape index (κ2) is 15.3. The number of H-pyrrole nitrogens is 1. The number of carbonyl (C=O) groups excluding carboxylic acids is 2. The van der Waals surface area contributed by atoms with Gasteiger partial charge in [-0.1, -0.05) is 41.4 Å². The van der Waals surface area contributed by atoms with Crippen molar-refractivity contribution in [3.05, 3.63) is 110 Å². The van der Waals surface area contributed by atoms with Gasteiger partial charge in [-0.05, 0) is 74.4 Å². The second-order valence-corrected chi connectivity index (χ2v) is 14.4. The number of ether oxygens (including phenoxy) is 1. The van der Waals surface area contributed by atoms with Crippen LogP contribution in [0.1, 0.15) is 38.9 Å². The third kappa shape index (κ3) is 7.44. The Morgan fingerprint density at radius 1 is 0.980 bits per heavy atom. The first-order valence-electron chi connectivity index (χ1n) is 16.5. The summed E-state index contributed by atoms with van der Waals surface area (Å²) < 4.78 is 8.18. The van der Waals surface area contributed by atoms with Crippen LogP contribution >= 0.6 is 35.0 Å². The molecule has 50 heavy (non-hydrogen) atoms. The van der Waals surface area contributed by atoms with Crippen LogP contribution in [-0.2, 0) is 7.05 Å². The van der Waals surface area contributed by atoms with Gasteiger partial charge in [0.1, 0.15) is 22.7 Å². The van der Waals surface area contributed by atoms with E-state index in [4.69, 9.17) is 27.9 Å². The summed E-state index contributed by atoms with van der Waals surface area (Å²) in [6, 6.07) is 18.2. The van der Waals surface area contributed by atoms with Gasteiger partial charge in [-0.15, -0.1) is 0 Å². The van der Waals surface area contributed by atoms with Gasteiger partial charge in [0.25, 0.3) is 17.4 Å². The number of aryl methyl sites for hydroxylation is 3. The highest BCUT2D eigenvalue weighted by Gasteiger charge is 2.24. The highest BCUT2D eigenvalue weighted by Crippen LogP contribution is 2.40. The smallest absolute Gasteiger partial charge is 0.274 e. The number of rotatable bonds is 10. The van der Waals surface area contributed by atoms with Crippen molar-refractivity contribution in [3.8, 4) is 22.6 Å². The fraction of sp³-hybridized carbons (Fsp3) is 0.289. The summed E-state index contributed by atoms with van der Waals surface area (Å²) in [5.41, 5.74) is 4.53. The second-order valence-electron chi connectivity index (χ2n) is 12.3. The molecule has 0 atom stereocenters. The third-order valence-electron chi connectivity index (χ3n) is 8.89. The molecule has 0 saturated carbocycles. The molecule has 6 rings (SSSR count). The largest absolute Gasteiger partial charge is 0.456 e. The minimum absolute atomic E-state index is 0.224. The molecule has 2 aromatic heterocycles. The number of thioether (sulfide) groups is 1. The van der Waals surface area contributed by atoms with Crippen molar-refractivity contribution in [2.75, 3.05) is 49.1 Å². The molecule has 1 fully saturated rings. The van der Waals surface area contributed by atoms with Crippen LogP contribution in [0.5, 0.6) is 11.5 Å². The summed E-state index contributed by atoms with van der Waals surface area (Å²) in [7, 11) is 1.66. The molecule has 9 nitrogen and oxygen atoms in total. The number of nitrogens with one attached hydrogen (secondary N) is 2. The Morgan fingerprint density at radius 2 is 1.72 bits per heavy atom. The molecule has 0 radical (unpaired) electrons. The Balaban J connectivity index is 1.48. The molecule has 0 aliphatic carbocycles. The summed E-state index contributed by atoms with van der Waals surface area (Å²) in [6.07, 6.45) is 1.73. The molecule has 12 heteroatoms. The number of hydrogen-bond acceptors (Lipinski definition) is 6. The van der Waals surface area contributed by atoms with Gasteiger partial charge in [0.05, 0.1) is 10.0 Å². The number of benzene rings is 3. The average Bonchev–Trinajstić information content (AvgIpc) is 3.56. The molecular weight excluding hydrogens is 693 g/mol. The quantitative estimate of drug-likeness (QED) is 0.153. The number of fused-ring (bicyclic) bond motifs is 1. The molecule has 260 valence electrons. The number of amides is 2. The van der Waals surface area contributed by atoms with Crippen LogP contribution in [0.4, 0.5) is 5.69 Å². The van der Waals surface area contributed by atoms with E-state index in [-0.39, 0.29) is 23.1 Å². The van der Waals surface area contributed by atoms with E-state index in [1.54, 1.807) is 54.5 Å². The monoisotopic (exact) mass is 731 g/mol. The SMILES string of the molecule is CCNC(=O)c1cc2c(-c3ccc(C(=O)N(CCN4CCSCC4)c4ccc(Cl)c(Cl)c4)cc3Oc3c(C)cccc3C)cn(C)c(=O)c2[nH]1. The lowest BCUT2D eigenvalue weighted by molar-refractivity contribution is 0.0950. The van der Waals surface area contributed by atoms with Gasteiger partial charge in [0.15, 0.2) is 0 Å². The molecule has 0 spiro atoms. The molecule has 0 unspecified atom stereocenters. The third-order valence-corrected chi connectivity index (χ3v) is 10.6. The first kappa shape index (κ1) is 35.6. The minimum Gasteiger partial charge on any atom is -0.456 e. The Hall–Kier alpha value is -4.22. The van der Waals surface area contributed by atoms with Crippen molar-refractivity contribution in [1.82, 2.24) is 19.8 Å². The van der Waals surface area contributed by atoms with Crippen molar-refractivity contribution in [1.29, 1.82) is 0 Å². The zero-order chi connectivity index (χ0) is 35.5. The van der Waals surface area contributed by atoms with E-state index in [1.165, 1.54) is 4.57 Å². The van der Waals surface area contributed by atoms with Gasteiger partial charge in [0.2, 0.25) is 0 Å². The lowest BCUT2D eigenvalue weighted by atomic mass is 10.00. The Bertz CT molecular complexity index is 2120. The Labute approximate surface area is 305 Å². The van der Waals surface area contributed by atoms with Crippen molar-refractivity contribution >= 4 is 63.4 Å². The lowest BCUT2D eigenvalue weighted by Crippen LogP contribution is -2.41. The summed E-state index contributed by atoms with van der Waals surface area (Å²) in [5, 5.41) is 4.13. The van der Waals surface area contributed by atoms with Gasteiger partial charge in [-0.2, -0.15) is 11.8 Å². The summed E-state index contributed by atoms with van der Waals surface area (Å²) in [6.45, 7) is 9.29. The number of aromatic amines is 1. The highest BCUT2D eigenvalue weighted by atomic mass is 35.5. The van der Waals surface area contributed by atoms with Crippen molar-refractivity contribution < 1.29 is 14.3 Å². The van der Waals surface area contributed by atoms with Crippen LogP contribution in [0, 0.1) is 13.8 Å². The van der Waals surface area contributed by atoms with Gasteiger partial charge >= 0.3 is 0 Å². The number of anilines is 1. The minimum atomic E-state index is -0.310. The van der Waals surface area contributed by atoms with Crippen LogP contribution in [0.3, 0.4) is 0 Å². The van der Waals surface area contributed by atoms with Crippen LogP contribution in [-0.4, -0.2) is 70.5 Å². The van der Waals surface area contributed by atoms with Crippen molar-refractivity contribution in [3.63, 3.8) is 0 Å². The number of aromatic nitrogens is 2. The predicted molar refractivity (Wildman–Crippen MR) is 205 cm³/mol. The standard InChI is InChI=1S/C38H39Cl2N5O4S/c1-5-41-36(46)32-21-28-29(22-43(4)38(48)34(28)42-32)27-11-9-25(19-33(27)49-35-23(2)7-6-8-24(35)3)37(47)45(14-13-44-15-17-50-18-16-44)26-10-12-30(39)31(40)20-26/h6-12,19-22,42H,5,13-18H2,1-4H3,(H,41,46). The Morgan fingerprint density at radius 3 is 2.42 bits per heavy atom. The number of pyridine rings is 1. The van der Waals surface area contributed by atoms with Crippen LogP contribution in [0.15, 0.2) is 71.7 Å². The molecule has 0 bridgehead atoms. The zero-order valence-corrected chi connectivity index (χ0v) is 30.8. The van der Waals surface area contributed by atoms with E-state index in [0.717, 1.165) is 35.7 Å². The zero-order valence-electron chi connectivity index (χ0n) is 28.4. The maximum absolute atomic E-state index is 14.5. The number of hydrogen-bond donors (Lipinski definition) is 2. The Kier molecular flexibility index (Phi) is 10.9. The van der Waals surface area contributed by atoms with E-state index in [2.05, 4.69) is 15.2 Å². The molecule has 3 heterocycles. The van der Waals surface area contributed by atoms with Gasteiger partial charge in [0, 0.05) is 85.2 Å². The lowest BCUT2D eigenvalue weighted by Gasteiger charge is -2.30. The van der Waals surface area contributed by atoms with Gasteiger partial charge < -0.3 is 24.5 Å². The molecule has 2 N–H and O–H groups in total. The topological polar surface area (TPSA) is 99.7 Å². The number of halogens is 2. The van der Waals surface area contributed by atoms with E-state index in [9.17, 15) is 14.4 Å². The summed E-state index contributed by atoms with van der Waals surface area (Å²) >= 11 is 14.7. The first-order chi connectivity index (χ1) is 24.0. The van der Waals surface area contributed by atoms with E-state index in [1.807, 2.05) is 56.8 Å². The molecule has 3 aromatic carbocycles. The average molecular weight is 733 g/mol. The van der Waals surface area contributed by atoms with E-state index >= 15 is 0 Å². The van der Waals surface area contributed by atoms with E-state index in [0.29, 0.717) is 74.5 Å². The first-order valence-corrected chi connectivity index (χ1v) is 18.4. The summed E-state index contributed by atoms with van der Waals surface area (Å²) in [5.74, 6) is 2.68. The molecule has 1 aliphatic heterocycles. The molecule has 1 saturated heterocycles. The highest BCUT2D eigenvalue weighted by molar-refractivity contribution is 7.99. The van der Waals surface area contributed by atoms with Crippen molar-refractivity contribution in [2.45, 2.75) is 20.8 Å². The van der Waals surface area contributed by atoms with Gasteiger partial charge in [-0.3, -0.25) is 19.3 Å². The number of para-hydroxylation sites is 1. The van der Waals surface area contributed by atoms with Crippen molar-refractivity contribution in [2.24, 2.45) is 7.05 Å².